The number of rotatable bonds is 5. The number of hydrogen-bond acceptors (Lipinski definition) is 5. The largest absolute Gasteiger partial charge is 0.497 e. The standard InChI is InChI=1S/C19H16F3N3O3S/c1-27-13-7-8-16(28-2)14(9-13)15-10-29-18(24-15)25-17(26)23-12-5-3-11(4-6-12)19(20,21)22/h3-10H,1-2H3,(H2,23,24,25,26). The first-order valence-corrected chi connectivity index (χ1v) is 9.11. The number of carbonyl (C=O) groups is 1. The summed E-state index contributed by atoms with van der Waals surface area (Å²) in [6.07, 6.45) is -4.43. The van der Waals surface area contributed by atoms with E-state index < -0.39 is 17.8 Å². The van der Waals surface area contributed by atoms with Gasteiger partial charge in [-0.3, -0.25) is 5.32 Å². The normalized spacial score (nSPS) is 11.1. The van der Waals surface area contributed by atoms with E-state index in [1.165, 1.54) is 30.6 Å². The summed E-state index contributed by atoms with van der Waals surface area (Å²) in [4.78, 5) is 16.5. The highest BCUT2D eigenvalue weighted by Crippen LogP contribution is 2.35. The molecule has 0 unspecified atom stereocenters. The topological polar surface area (TPSA) is 72.5 Å². The maximum atomic E-state index is 12.6. The number of halogens is 3. The van der Waals surface area contributed by atoms with Gasteiger partial charge in [0.05, 0.1) is 25.5 Å². The van der Waals surface area contributed by atoms with Gasteiger partial charge >= 0.3 is 12.2 Å². The van der Waals surface area contributed by atoms with Crippen LogP contribution < -0.4 is 20.1 Å². The number of methoxy groups -OCH3 is 2. The second-order valence-corrected chi connectivity index (χ2v) is 6.62. The summed E-state index contributed by atoms with van der Waals surface area (Å²) in [5, 5.41) is 7.07. The molecular formula is C19H16F3N3O3S. The van der Waals surface area contributed by atoms with Crippen LogP contribution in [-0.2, 0) is 6.18 Å². The monoisotopic (exact) mass is 423 g/mol. The van der Waals surface area contributed by atoms with Crippen molar-refractivity contribution in [3.63, 3.8) is 0 Å². The second-order valence-electron chi connectivity index (χ2n) is 5.76. The molecule has 0 fully saturated rings. The van der Waals surface area contributed by atoms with E-state index in [4.69, 9.17) is 9.47 Å². The molecule has 2 N–H and O–H groups in total. The van der Waals surface area contributed by atoms with Crippen LogP contribution in [0, 0.1) is 0 Å². The van der Waals surface area contributed by atoms with E-state index in [9.17, 15) is 18.0 Å². The molecule has 3 aromatic rings. The highest BCUT2D eigenvalue weighted by Gasteiger charge is 2.30. The highest BCUT2D eigenvalue weighted by atomic mass is 32.1. The van der Waals surface area contributed by atoms with E-state index in [1.807, 2.05) is 0 Å². The molecule has 0 spiro atoms. The van der Waals surface area contributed by atoms with Crippen LogP contribution in [0.5, 0.6) is 11.5 Å². The molecule has 0 aliphatic heterocycles. The zero-order valence-electron chi connectivity index (χ0n) is 15.3. The number of alkyl halides is 3. The maximum Gasteiger partial charge on any atom is 0.416 e. The minimum atomic E-state index is -4.43. The van der Waals surface area contributed by atoms with Gasteiger partial charge in [-0.15, -0.1) is 11.3 Å². The van der Waals surface area contributed by atoms with Gasteiger partial charge in [0.1, 0.15) is 11.5 Å². The van der Waals surface area contributed by atoms with Crippen LogP contribution in [0.1, 0.15) is 5.56 Å². The van der Waals surface area contributed by atoms with Crippen LogP contribution in [0.15, 0.2) is 47.8 Å². The molecule has 0 radical (unpaired) electrons. The summed E-state index contributed by atoms with van der Waals surface area (Å²) >= 11 is 1.19. The Balaban J connectivity index is 1.69. The van der Waals surface area contributed by atoms with Crippen molar-refractivity contribution < 1.29 is 27.4 Å². The lowest BCUT2D eigenvalue weighted by Crippen LogP contribution is -2.19. The number of hydrogen-bond donors (Lipinski definition) is 2. The van der Waals surface area contributed by atoms with Crippen LogP contribution >= 0.6 is 11.3 Å². The van der Waals surface area contributed by atoms with E-state index in [-0.39, 0.29) is 5.69 Å². The van der Waals surface area contributed by atoms with Gasteiger partial charge in [0.25, 0.3) is 0 Å². The zero-order valence-corrected chi connectivity index (χ0v) is 16.1. The third-order valence-corrected chi connectivity index (χ3v) is 4.64. The van der Waals surface area contributed by atoms with Crippen molar-refractivity contribution in [3.05, 3.63) is 53.4 Å². The first kappa shape index (κ1) is 20.5. The maximum absolute atomic E-state index is 12.6. The molecule has 0 bridgehead atoms. The van der Waals surface area contributed by atoms with Crippen molar-refractivity contribution in [2.24, 2.45) is 0 Å². The lowest BCUT2D eigenvalue weighted by atomic mass is 10.1. The van der Waals surface area contributed by atoms with E-state index in [1.54, 1.807) is 30.7 Å². The fourth-order valence-electron chi connectivity index (χ4n) is 2.47. The van der Waals surface area contributed by atoms with Gasteiger partial charge in [-0.2, -0.15) is 13.2 Å². The Morgan fingerprint density at radius 2 is 1.76 bits per heavy atom. The molecule has 0 saturated carbocycles. The quantitative estimate of drug-likeness (QED) is 0.569. The summed E-state index contributed by atoms with van der Waals surface area (Å²) in [6, 6.07) is 8.79. The van der Waals surface area contributed by atoms with E-state index in [2.05, 4.69) is 15.6 Å². The number of ether oxygens (including phenoxy) is 2. The third-order valence-electron chi connectivity index (χ3n) is 3.88. The number of nitrogens with one attached hydrogen (secondary N) is 2. The second kappa shape index (κ2) is 8.39. The van der Waals surface area contributed by atoms with E-state index in [0.29, 0.717) is 27.9 Å². The molecule has 10 heteroatoms. The zero-order chi connectivity index (χ0) is 21.0. The summed E-state index contributed by atoms with van der Waals surface area (Å²) in [5.74, 6) is 1.22. The van der Waals surface area contributed by atoms with Gasteiger partial charge in [-0.25, -0.2) is 9.78 Å². The first-order chi connectivity index (χ1) is 13.8. The van der Waals surface area contributed by atoms with Crippen molar-refractivity contribution in [3.8, 4) is 22.8 Å². The molecule has 0 aliphatic carbocycles. The SMILES string of the molecule is COc1ccc(OC)c(-c2csc(NC(=O)Nc3ccc(C(F)(F)F)cc3)n2)c1. The summed E-state index contributed by atoms with van der Waals surface area (Å²) in [7, 11) is 3.08. The van der Waals surface area contributed by atoms with Crippen molar-refractivity contribution >= 4 is 28.2 Å². The highest BCUT2D eigenvalue weighted by molar-refractivity contribution is 7.14. The lowest BCUT2D eigenvalue weighted by molar-refractivity contribution is -0.137. The Kier molecular flexibility index (Phi) is 5.92. The molecule has 1 heterocycles. The van der Waals surface area contributed by atoms with Crippen molar-refractivity contribution in [2.45, 2.75) is 6.18 Å². The molecule has 0 atom stereocenters. The molecule has 0 saturated heterocycles. The number of carbonyl (C=O) groups excluding carboxylic acids is 1. The summed E-state index contributed by atoms with van der Waals surface area (Å²) in [5.41, 5.74) is 0.705. The van der Waals surface area contributed by atoms with Gasteiger partial charge in [0.15, 0.2) is 5.13 Å². The van der Waals surface area contributed by atoms with E-state index in [0.717, 1.165) is 12.1 Å². The molecule has 1 aromatic heterocycles. The van der Waals surface area contributed by atoms with Crippen LogP contribution in [0.2, 0.25) is 0 Å². The Morgan fingerprint density at radius 1 is 1.03 bits per heavy atom. The molecular weight excluding hydrogens is 407 g/mol. The Morgan fingerprint density at radius 3 is 2.38 bits per heavy atom. The van der Waals surface area contributed by atoms with Gasteiger partial charge in [-0.1, -0.05) is 0 Å². The smallest absolute Gasteiger partial charge is 0.416 e. The summed E-state index contributed by atoms with van der Waals surface area (Å²) < 4.78 is 48.3. The number of amides is 2. The van der Waals surface area contributed by atoms with Crippen LogP contribution in [0.25, 0.3) is 11.3 Å². The molecule has 152 valence electrons. The van der Waals surface area contributed by atoms with E-state index >= 15 is 0 Å². The van der Waals surface area contributed by atoms with Gasteiger partial charge in [0, 0.05) is 16.6 Å². The number of aromatic nitrogens is 1. The lowest BCUT2D eigenvalue weighted by Gasteiger charge is -2.09. The number of benzene rings is 2. The average molecular weight is 423 g/mol. The van der Waals surface area contributed by atoms with Crippen molar-refractivity contribution in [1.82, 2.24) is 4.98 Å². The molecule has 0 aliphatic rings. The van der Waals surface area contributed by atoms with Gasteiger partial charge in [-0.05, 0) is 42.5 Å². The number of urea groups is 1. The number of anilines is 2. The minimum absolute atomic E-state index is 0.224. The molecule has 3 rings (SSSR count). The first-order valence-electron chi connectivity index (χ1n) is 8.23. The molecule has 2 amide bonds. The predicted octanol–water partition coefficient (Wildman–Crippen LogP) is 5.49. The molecule has 29 heavy (non-hydrogen) atoms. The average Bonchev–Trinajstić information content (AvgIpc) is 3.15. The third kappa shape index (κ3) is 4.96. The molecule has 6 nitrogen and oxygen atoms in total. The minimum Gasteiger partial charge on any atom is -0.497 e. The van der Waals surface area contributed by atoms with Gasteiger partial charge < -0.3 is 14.8 Å². The Hall–Kier alpha value is -3.27. The Bertz CT molecular complexity index is 1000. The number of nitrogens with zero attached hydrogens (tertiary/aromatic N) is 1. The molecule has 2 aromatic carbocycles. The number of thiazole rings is 1. The van der Waals surface area contributed by atoms with Crippen molar-refractivity contribution in [1.29, 1.82) is 0 Å². The van der Waals surface area contributed by atoms with Crippen molar-refractivity contribution in [2.75, 3.05) is 24.9 Å². The van der Waals surface area contributed by atoms with Crippen LogP contribution in [0.4, 0.5) is 28.8 Å². The Labute approximate surface area is 168 Å². The predicted molar refractivity (Wildman–Crippen MR) is 105 cm³/mol. The fourth-order valence-corrected chi connectivity index (χ4v) is 3.18. The van der Waals surface area contributed by atoms with Gasteiger partial charge in [0.2, 0.25) is 0 Å². The van der Waals surface area contributed by atoms with Crippen LogP contribution in [-0.4, -0.2) is 25.2 Å². The van der Waals surface area contributed by atoms with Crippen LogP contribution in [0.3, 0.4) is 0 Å². The summed E-state index contributed by atoms with van der Waals surface area (Å²) in [6.45, 7) is 0. The fraction of sp³-hybridized carbons (Fsp3) is 0.158.